The molecular weight excluding hydrogens is 274 g/mol. The molecule has 0 spiro atoms. The Kier molecular flexibility index (Phi) is 5.20. The van der Waals surface area contributed by atoms with Crippen molar-refractivity contribution in [2.24, 2.45) is 4.99 Å². The molecule has 22 heavy (non-hydrogen) atoms. The fourth-order valence-electron chi connectivity index (χ4n) is 2.12. The standard InChI is InChI=1S/C18H19N3O/c1-13(20-3)17(12-19-2)18(22)15-7-4-6-14(10-15)16-8-5-9-21-11-16/h4-12,20H,1-3H3/b17-13-,19-12?. The Morgan fingerprint density at radius 2 is 2.00 bits per heavy atom. The Morgan fingerprint density at radius 1 is 1.23 bits per heavy atom. The van der Waals surface area contributed by atoms with E-state index in [2.05, 4.69) is 15.3 Å². The summed E-state index contributed by atoms with van der Waals surface area (Å²) >= 11 is 0. The Hall–Kier alpha value is -2.75. The van der Waals surface area contributed by atoms with Gasteiger partial charge in [-0.2, -0.15) is 0 Å². The lowest BCUT2D eigenvalue weighted by atomic mass is 9.98. The minimum atomic E-state index is -0.0526. The molecule has 2 aromatic rings. The van der Waals surface area contributed by atoms with Crippen molar-refractivity contribution in [1.29, 1.82) is 0 Å². The van der Waals surface area contributed by atoms with E-state index < -0.39 is 0 Å². The Bertz CT molecular complexity index is 718. The molecule has 0 saturated heterocycles. The van der Waals surface area contributed by atoms with E-state index in [-0.39, 0.29) is 5.78 Å². The van der Waals surface area contributed by atoms with Crippen molar-refractivity contribution < 1.29 is 4.79 Å². The van der Waals surface area contributed by atoms with Gasteiger partial charge in [-0.15, -0.1) is 0 Å². The predicted molar refractivity (Wildman–Crippen MR) is 90.2 cm³/mol. The van der Waals surface area contributed by atoms with Gasteiger partial charge in [0.15, 0.2) is 5.78 Å². The van der Waals surface area contributed by atoms with Crippen LogP contribution in [0.1, 0.15) is 17.3 Å². The lowest BCUT2D eigenvalue weighted by Crippen LogP contribution is -2.14. The van der Waals surface area contributed by atoms with Crippen molar-refractivity contribution in [2.45, 2.75) is 6.92 Å². The summed E-state index contributed by atoms with van der Waals surface area (Å²) in [7, 11) is 3.44. The quantitative estimate of drug-likeness (QED) is 0.523. The van der Waals surface area contributed by atoms with Crippen LogP contribution < -0.4 is 5.32 Å². The maximum Gasteiger partial charge on any atom is 0.196 e. The molecule has 0 aliphatic rings. The SMILES string of the molecule is CN=C/C(C(=O)c1cccc(-c2cccnc2)c1)=C(\C)NC. The van der Waals surface area contributed by atoms with E-state index in [0.717, 1.165) is 16.8 Å². The first-order chi connectivity index (χ1) is 10.7. The number of Topliss-reactive ketones (excluding diaryl/α,β-unsaturated/α-hetero) is 1. The summed E-state index contributed by atoms with van der Waals surface area (Å²) in [6.45, 7) is 1.86. The van der Waals surface area contributed by atoms with Gasteiger partial charge in [0.1, 0.15) is 0 Å². The number of allylic oxidation sites excluding steroid dienone is 2. The molecule has 112 valence electrons. The molecule has 0 bridgehead atoms. The summed E-state index contributed by atoms with van der Waals surface area (Å²) in [5, 5.41) is 3.00. The molecule has 0 radical (unpaired) electrons. The summed E-state index contributed by atoms with van der Waals surface area (Å²) in [5.74, 6) is -0.0526. The van der Waals surface area contributed by atoms with E-state index in [1.165, 1.54) is 0 Å². The number of aromatic nitrogens is 1. The Labute approximate surface area is 130 Å². The molecule has 0 amide bonds. The molecule has 2 rings (SSSR count). The highest BCUT2D eigenvalue weighted by Crippen LogP contribution is 2.21. The van der Waals surface area contributed by atoms with Crippen molar-refractivity contribution in [2.75, 3.05) is 14.1 Å². The second-order valence-corrected chi connectivity index (χ2v) is 4.83. The smallest absolute Gasteiger partial charge is 0.196 e. The van der Waals surface area contributed by atoms with E-state index in [1.807, 2.05) is 43.3 Å². The van der Waals surface area contributed by atoms with Gasteiger partial charge in [-0.05, 0) is 24.6 Å². The summed E-state index contributed by atoms with van der Waals surface area (Å²) in [5.41, 5.74) is 3.94. The van der Waals surface area contributed by atoms with Gasteiger partial charge in [-0.1, -0.05) is 24.3 Å². The molecule has 1 aromatic heterocycles. The molecule has 0 fully saturated rings. The highest BCUT2D eigenvalue weighted by atomic mass is 16.1. The summed E-state index contributed by atoms with van der Waals surface area (Å²) in [6, 6.07) is 11.4. The number of nitrogens with zero attached hydrogens (tertiary/aromatic N) is 2. The molecule has 4 nitrogen and oxygen atoms in total. The van der Waals surface area contributed by atoms with Gasteiger partial charge in [0.05, 0.1) is 5.57 Å². The van der Waals surface area contributed by atoms with Gasteiger partial charge in [-0.3, -0.25) is 14.8 Å². The van der Waals surface area contributed by atoms with E-state index in [9.17, 15) is 4.79 Å². The van der Waals surface area contributed by atoms with Crippen LogP contribution in [0.2, 0.25) is 0 Å². The number of benzene rings is 1. The molecule has 0 aliphatic heterocycles. The molecule has 1 aromatic carbocycles. The first-order valence-corrected chi connectivity index (χ1v) is 7.03. The third-order valence-corrected chi connectivity index (χ3v) is 3.40. The topological polar surface area (TPSA) is 54.4 Å². The first-order valence-electron chi connectivity index (χ1n) is 7.03. The fraction of sp³-hybridized carbons (Fsp3) is 0.167. The lowest BCUT2D eigenvalue weighted by molar-refractivity contribution is 0.103. The lowest BCUT2D eigenvalue weighted by Gasteiger charge is -2.08. The number of hydrogen-bond donors (Lipinski definition) is 1. The van der Waals surface area contributed by atoms with Crippen molar-refractivity contribution in [3.8, 4) is 11.1 Å². The predicted octanol–water partition coefficient (Wildman–Crippen LogP) is 3.13. The molecule has 1 N–H and O–H groups in total. The van der Waals surface area contributed by atoms with E-state index >= 15 is 0 Å². The van der Waals surface area contributed by atoms with E-state index in [1.54, 1.807) is 32.7 Å². The van der Waals surface area contributed by atoms with Crippen LogP contribution in [0.25, 0.3) is 11.1 Å². The van der Waals surface area contributed by atoms with E-state index in [4.69, 9.17) is 0 Å². The van der Waals surface area contributed by atoms with Gasteiger partial charge >= 0.3 is 0 Å². The number of aliphatic imine (C=N–C) groups is 1. The molecule has 0 aliphatic carbocycles. The van der Waals surface area contributed by atoms with Gasteiger partial charge < -0.3 is 5.32 Å². The number of pyridine rings is 1. The molecule has 0 saturated carbocycles. The van der Waals surface area contributed by atoms with Crippen LogP contribution in [0, 0.1) is 0 Å². The largest absolute Gasteiger partial charge is 0.391 e. The number of nitrogens with one attached hydrogen (secondary N) is 1. The van der Waals surface area contributed by atoms with Crippen LogP contribution in [0.4, 0.5) is 0 Å². The third-order valence-electron chi connectivity index (χ3n) is 3.40. The minimum Gasteiger partial charge on any atom is -0.391 e. The molecule has 0 atom stereocenters. The fourth-order valence-corrected chi connectivity index (χ4v) is 2.12. The number of carbonyl (C=O) groups is 1. The van der Waals surface area contributed by atoms with Crippen LogP contribution in [0.5, 0.6) is 0 Å². The summed E-state index contributed by atoms with van der Waals surface area (Å²) in [4.78, 5) is 20.8. The van der Waals surface area contributed by atoms with Crippen molar-refractivity contribution in [3.05, 3.63) is 65.6 Å². The van der Waals surface area contributed by atoms with Crippen molar-refractivity contribution in [1.82, 2.24) is 10.3 Å². The maximum absolute atomic E-state index is 12.7. The Balaban J connectivity index is 2.43. The van der Waals surface area contributed by atoms with Crippen LogP contribution in [0.3, 0.4) is 0 Å². The molecule has 4 heteroatoms. The second-order valence-electron chi connectivity index (χ2n) is 4.83. The highest BCUT2D eigenvalue weighted by Gasteiger charge is 2.14. The first kappa shape index (κ1) is 15.6. The van der Waals surface area contributed by atoms with E-state index in [0.29, 0.717) is 11.1 Å². The number of rotatable bonds is 5. The van der Waals surface area contributed by atoms with Crippen LogP contribution in [-0.4, -0.2) is 31.1 Å². The maximum atomic E-state index is 12.7. The number of carbonyl (C=O) groups excluding carboxylic acids is 1. The number of ketones is 1. The van der Waals surface area contributed by atoms with Gasteiger partial charge in [0.25, 0.3) is 0 Å². The van der Waals surface area contributed by atoms with Crippen LogP contribution in [0.15, 0.2) is 65.1 Å². The van der Waals surface area contributed by atoms with Gasteiger partial charge in [0.2, 0.25) is 0 Å². The van der Waals surface area contributed by atoms with Gasteiger partial charge in [-0.25, -0.2) is 0 Å². The third kappa shape index (κ3) is 3.47. The zero-order valence-corrected chi connectivity index (χ0v) is 13.0. The second kappa shape index (κ2) is 7.31. The van der Waals surface area contributed by atoms with Crippen LogP contribution in [-0.2, 0) is 0 Å². The van der Waals surface area contributed by atoms with Gasteiger partial charge in [0, 0.05) is 49.5 Å². The molecule has 0 unspecified atom stereocenters. The normalized spacial score (nSPS) is 12.1. The summed E-state index contributed by atoms with van der Waals surface area (Å²) in [6.07, 6.45) is 5.10. The highest BCUT2D eigenvalue weighted by molar-refractivity contribution is 6.21. The minimum absolute atomic E-state index is 0.0526. The number of hydrogen-bond acceptors (Lipinski definition) is 4. The van der Waals surface area contributed by atoms with Crippen LogP contribution >= 0.6 is 0 Å². The average Bonchev–Trinajstić information content (AvgIpc) is 2.59. The molecule has 1 heterocycles. The van der Waals surface area contributed by atoms with Crippen molar-refractivity contribution in [3.63, 3.8) is 0 Å². The zero-order chi connectivity index (χ0) is 15.9. The zero-order valence-electron chi connectivity index (χ0n) is 13.0. The summed E-state index contributed by atoms with van der Waals surface area (Å²) < 4.78 is 0. The monoisotopic (exact) mass is 293 g/mol. The average molecular weight is 293 g/mol. The van der Waals surface area contributed by atoms with Crippen molar-refractivity contribution >= 4 is 12.0 Å². The molecular formula is C18H19N3O. The Morgan fingerprint density at radius 3 is 2.64 bits per heavy atom.